The predicted molar refractivity (Wildman–Crippen MR) is 114 cm³/mol. The van der Waals surface area contributed by atoms with Crippen LogP contribution in [0.4, 0.5) is 5.82 Å². The molecule has 5 rings (SSSR count). The number of hydrogen-bond donors (Lipinski definition) is 3. The highest BCUT2D eigenvalue weighted by molar-refractivity contribution is 5.98. The van der Waals surface area contributed by atoms with Crippen LogP contribution in [0.3, 0.4) is 0 Å². The van der Waals surface area contributed by atoms with E-state index in [1.54, 1.807) is 10.7 Å². The molecule has 0 bridgehead atoms. The highest BCUT2D eigenvalue weighted by Gasteiger charge is 2.39. The second-order valence-electron chi connectivity index (χ2n) is 7.83. The third kappa shape index (κ3) is 2.96. The lowest BCUT2D eigenvalue weighted by atomic mass is 9.99. The van der Waals surface area contributed by atoms with E-state index >= 15 is 0 Å². The van der Waals surface area contributed by atoms with E-state index in [4.69, 9.17) is 5.10 Å². The van der Waals surface area contributed by atoms with Gasteiger partial charge < -0.3 is 15.5 Å². The highest BCUT2D eigenvalue weighted by atomic mass is 16.3. The Morgan fingerprint density at radius 1 is 1.07 bits per heavy atom. The number of aryl methyl sites for hydroxylation is 1. The average Bonchev–Trinajstić information content (AvgIpc) is 3.26. The topological polar surface area (TPSA) is 82.7 Å². The van der Waals surface area contributed by atoms with Crippen LogP contribution in [0.1, 0.15) is 12.0 Å². The van der Waals surface area contributed by atoms with Gasteiger partial charge in [0.25, 0.3) is 0 Å². The molecule has 1 fully saturated rings. The number of anilines is 1. The molecule has 4 atom stereocenters. The maximum atomic E-state index is 10.3. The van der Waals surface area contributed by atoms with E-state index in [1.807, 2.05) is 24.3 Å². The number of hydrogen-bond acceptors (Lipinski definition) is 5. The Labute approximate surface area is 168 Å². The van der Waals surface area contributed by atoms with Gasteiger partial charge in [0.05, 0.1) is 17.8 Å². The minimum Gasteiger partial charge on any atom is -0.390 e. The van der Waals surface area contributed by atoms with Crippen LogP contribution in [0.2, 0.25) is 0 Å². The van der Waals surface area contributed by atoms with Gasteiger partial charge in [-0.25, -0.2) is 4.98 Å². The van der Waals surface area contributed by atoms with E-state index in [0.29, 0.717) is 12.1 Å². The molecule has 4 aromatic rings. The Hall–Kier alpha value is -2.96. The number of benzene rings is 2. The van der Waals surface area contributed by atoms with Crippen molar-refractivity contribution < 1.29 is 10.2 Å². The number of aliphatic hydroxyl groups is 2. The highest BCUT2D eigenvalue weighted by Crippen LogP contribution is 2.32. The molecule has 0 unspecified atom stereocenters. The fourth-order valence-electron chi connectivity index (χ4n) is 4.27. The number of aliphatic hydroxyl groups excluding tert-OH is 2. The Morgan fingerprint density at radius 3 is 2.62 bits per heavy atom. The van der Waals surface area contributed by atoms with Crippen molar-refractivity contribution in [1.29, 1.82) is 0 Å². The second-order valence-corrected chi connectivity index (χ2v) is 7.83. The van der Waals surface area contributed by atoms with Gasteiger partial charge in [-0.15, -0.1) is 0 Å². The average molecular weight is 387 g/mol. The van der Waals surface area contributed by atoms with Gasteiger partial charge in [-0.3, -0.25) is 0 Å². The van der Waals surface area contributed by atoms with Gasteiger partial charge in [-0.2, -0.15) is 9.61 Å². The van der Waals surface area contributed by atoms with Gasteiger partial charge in [-0.1, -0.05) is 36.4 Å². The predicted octanol–water partition coefficient (Wildman–Crippen LogP) is 3.21. The van der Waals surface area contributed by atoms with Gasteiger partial charge >= 0.3 is 0 Å². The maximum Gasteiger partial charge on any atom is 0.157 e. The molecule has 1 saturated carbocycles. The number of aromatic nitrogens is 3. The minimum atomic E-state index is -0.864. The van der Waals surface area contributed by atoms with Crippen molar-refractivity contribution in [1.82, 2.24) is 14.6 Å². The van der Waals surface area contributed by atoms with Crippen molar-refractivity contribution in [2.45, 2.75) is 31.6 Å². The van der Waals surface area contributed by atoms with Crippen LogP contribution in [0.15, 0.2) is 54.7 Å². The van der Waals surface area contributed by atoms with E-state index in [-0.39, 0.29) is 12.0 Å². The summed E-state index contributed by atoms with van der Waals surface area (Å²) in [7, 11) is 0. The van der Waals surface area contributed by atoms with Crippen molar-refractivity contribution in [2.75, 3.05) is 5.32 Å². The van der Waals surface area contributed by atoms with Gasteiger partial charge in [0, 0.05) is 17.8 Å². The summed E-state index contributed by atoms with van der Waals surface area (Å²) < 4.78 is 1.75. The summed E-state index contributed by atoms with van der Waals surface area (Å²) >= 11 is 0. The van der Waals surface area contributed by atoms with Crippen molar-refractivity contribution in [3.8, 4) is 11.3 Å². The van der Waals surface area contributed by atoms with E-state index < -0.39 is 12.2 Å². The molecule has 2 aromatic heterocycles. The molecule has 1 radical (unpaired) electrons. The Balaban J connectivity index is 1.57. The van der Waals surface area contributed by atoms with Crippen molar-refractivity contribution in [3.05, 3.63) is 67.2 Å². The molecule has 1 aliphatic rings. The smallest absolute Gasteiger partial charge is 0.157 e. The molecule has 0 saturated heterocycles. The third-order valence-corrected chi connectivity index (χ3v) is 5.91. The molecule has 1 aliphatic carbocycles. The van der Waals surface area contributed by atoms with Crippen molar-refractivity contribution in [2.24, 2.45) is 5.92 Å². The third-order valence-electron chi connectivity index (χ3n) is 5.91. The summed E-state index contributed by atoms with van der Waals surface area (Å²) in [6.45, 7) is 6.03. The lowest BCUT2D eigenvalue weighted by Crippen LogP contribution is -2.35. The maximum absolute atomic E-state index is 10.3. The van der Waals surface area contributed by atoms with Crippen LogP contribution < -0.4 is 5.32 Å². The van der Waals surface area contributed by atoms with Crippen LogP contribution in [0, 0.1) is 19.8 Å². The lowest BCUT2D eigenvalue weighted by molar-refractivity contribution is 0.0256. The van der Waals surface area contributed by atoms with Gasteiger partial charge in [-0.05, 0) is 48.6 Å². The fraction of sp³-hybridized carbons (Fsp3) is 0.261. The molecule has 6 heteroatoms. The number of nitrogens with one attached hydrogen (secondary N) is 1. The van der Waals surface area contributed by atoms with Crippen LogP contribution in [-0.4, -0.2) is 43.1 Å². The van der Waals surface area contributed by atoms with Crippen LogP contribution in [0.5, 0.6) is 0 Å². The van der Waals surface area contributed by atoms with E-state index in [9.17, 15) is 10.2 Å². The molecule has 2 heterocycles. The molecule has 0 amide bonds. The summed E-state index contributed by atoms with van der Waals surface area (Å²) in [5, 5.41) is 30.8. The van der Waals surface area contributed by atoms with Gasteiger partial charge in [0.1, 0.15) is 11.9 Å². The van der Waals surface area contributed by atoms with Crippen LogP contribution in [-0.2, 0) is 0 Å². The summed E-state index contributed by atoms with van der Waals surface area (Å²) in [6, 6.07) is 16.0. The summed E-state index contributed by atoms with van der Waals surface area (Å²) in [6.07, 6.45) is 0.618. The first kappa shape index (κ1) is 18.1. The monoisotopic (exact) mass is 387 g/mol. The fourth-order valence-corrected chi connectivity index (χ4v) is 4.27. The van der Waals surface area contributed by atoms with E-state index in [1.165, 1.54) is 10.9 Å². The lowest BCUT2D eigenvalue weighted by Gasteiger charge is -2.19. The standard InChI is InChI=1S/C23H23N4O2/c1-13-7-8-17(16-6-4-3-5-15(13)16)18-12-21-24-10-9-20(27(21)26-18)25-19-11-14(2)22(28)23(19)29/h3-10,12,14,19,22-23,25,28-29H,2,11H2,1H3/t14-,19-,22-,23+/m1/s1. The zero-order valence-electron chi connectivity index (χ0n) is 16.2. The van der Waals surface area contributed by atoms with E-state index in [2.05, 4.69) is 48.4 Å². The molecular formula is C23H23N4O2. The zero-order valence-corrected chi connectivity index (χ0v) is 16.2. The first-order valence-electron chi connectivity index (χ1n) is 9.82. The van der Waals surface area contributed by atoms with Crippen molar-refractivity contribution in [3.63, 3.8) is 0 Å². The zero-order chi connectivity index (χ0) is 20.1. The molecule has 6 nitrogen and oxygen atoms in total. The molecule has 147 valence electrons. The molecular weight excluding hydrogens is 364 g/mol. The van der Waals surface area contributed by atoms with E-state index in [0.717, 1.165) is 22.5 Å². The summed E-state index contributed by atoms with van der Waals surface area (Å²) in [5.41, 5.74) is 3.83. The van der Waals surface area contributed by atoms with Gasteiger partial charge in [0.15, 0.2) is 5.65 Å². The molecule has 3 N–H and O–H groups in total. The quantitative estimate of drug-likeness (QED) is 0.503. The summed E-state index contributed by atoms with van der Waals surface area (Å²) in [4.78, 5) is 4.45. The molecule has 0 spiro atoms. The number of fused-ring (bicyclic) bond motifs is 2. The summed E-state index contributed by atoms with van der Waals surface area (Å²) in [5.74, 6) is 0.523. The Morgan fingerprint density at radius 2 is 1.86 bits per heavy atom. The van der Waals surface area contributed by atoms with Crippen molar-refractivity contribution >= 4 is 22.2 Å². The van der Waals surface area contributed by atoms with Crippen LogP contribution in [0.25, 0.3) is 27.7 Å². The largest absolute Gasteiger partial charge is 0.390 e. The van der Waals surface area contributed by atoms with Gasteiger partial charge in [0.2, 0.25) is 0 Å². The molecule has 2 aromatic carbocycles. The molecule has 29 heavy (non-hydrogen) atoms. The Kier molecular flexibility index (Phi) is 4.26. The van der Waals surface area contributed by atoms with Crippen LogP contribution >= 0.6 is 0 Å². The number of rotatable bonds is 3. The number of nitrogens with zero attached hydrogens (tertiary/aromatic N) is 3. The SMILES string of the molecule is [CH2][C@@H]1C[C@@H](Nc2ccnc3cc(-c4ccc(C)c5ccccc45)nn23)[C@H](O)[C@@H]1O. The Bertz CT molecular complexity index is 1200. The first-order valence-corrected chi connectivity index (χ1v) is 9.82. The second kappa shape index (κ2) is 6.83. The minimum absolute atomic E-state index is 0.202. The molecule has 0 aliphatic heterocycles. The normalized spacial score (nSPS) is 24.4. The first-order chi connectivity index (χ1) is 14.0.